The fraction of sp³-hybridized carbons (Fsp3) is 0.211. The van der Waals surface area contributed by atoms with Gasteiger partial charge in [0.15, 0.2) is 11.5 Å². The lowest BCUT2D eigenvalue weighted by atomic mass is 10.2. The number of halogens is 1. The molecule has 0 unspecified atom stereocenters. The van der Waals surface area contributed by atoms with Gasteiger partial charge in [-0.25, -0.2) is 5.43 Å². The normalized spacial score (nSPS) is 10.4. The van der Waals surface area contributed by atoms with E-state index in [4.69, 9.17) is 14.2 Å². The summed E-state index contributed by atoms with van der Waals surface area (Å²) < 4.78 is 16.4. The number of carbonyl (C=O) groups excluding carboxylic acids is 2. The van der Waals surface area contributed by atoms with E-state index in [1.807, 2.05) is 6.07 Å². The average molecular weight is 497 g/mol. The molecule has 8 nitrogen and oxygen atoms in total. The molecule has 2 rings (SSSR count). The van der Waals surface area contributed by atoms with Crippen molar-refractivity contribution >= 4 is 46.3 Å². The largest absolute Gasteiger partial charge is 0.497 e. The van der Waals surface area contributed by atoms with Gasteiger partial charge in [-0.05, 0) is 64.6 Å². The van der Waals surface area contributed by atoms with Gasteiger partial charge >= 0.3 is 0 Å². The zero-order chi connectivity index (χ0) is 20.5. The Labute approximate surface area is 176 Å². The van der Waals surface area contributed by atoms with E-state index < -0.39 is 11.8 Å². The van der Waals surface area contributed by atoms with Crippen molar-refractivity contribution in [2.45, 2.75) is 6.42 Å². The van der Waals surface area contributed by atoms with Crippen LogP contribution in [0.5, 0.6) is 17.2 Å². The number of nitrogens with zero attached hydrogens (tertiary/aromatic N) is 1. The number of benzene rings is 2. The second-order valence-electron chi connectivity index (χ2n) is 5.48. The first-order valence-corrected chi connectivity index (χ1v) is 9.22. The van der Waals surface area contributed by atoms with Crippen molar-refractivity contribution in [2.24, 2.45) is 5.10 Å². The second kappa shape index (κ2) is 10.5. The summed E-state index contributed by atoms with van der Waals surface area (Å²) in [6.45, 7) is 0. The van der Waals surface area contributed by atoms with Crippen LogP contribution in [0.15, 0.2) is 41.5 Å². The van der Waals surface area contributed by atoms with Gasteiger partial charge in [0.2, 0.25) is 11.8 Å². The number of methoxy groups -OCH3 is 3. The highest BCUT2D eigenvalue weighted by atomic mass is 127. The molecule has 0 fully saturated rings. The molecule has 28 heavy (non-hydrogen) atoms. The number of hydrogen-bond acceptors (Lipinski definition) is 6. The summed E-state index contributed by atoms with van der Waals surface area (Å²) in [6, 6.07) is 10.4. The van der Waals surface area contributed by atoms with E-state index in [2.05, 4.69) is 38.4 Å². The van der Waals surface area contributed by atoms with Crippen LogP contribution in [0.2, 0.25) is 0 Å². The van der Waals surface area contributed by atoms with E-state index in [0.29, 0.717) is 28.5 Å². The Balaban J connectivity index is 1.89. The summed E-state index contributed by atoms with van der Waals surface area (Å²) in [5, 5.41) is 6.50. The molecule has 2 amide bonds. The molecule has 0 radical (unpaired) electrons. The van der Waals surface area contributed by atoms with Crippen molar-refractivity contribution < 1.29 is 23.8 Å². The van der Waals surface area contributed by atoms with Crippen LogP contribution in [0.4, 0.5) is 5.69 Å². The van der Waals surface area contributed by atoms with E-state index in [0.717, 1.165) is 3.57 Å². The van der Waals surface area contributed by atoms with Gasteiger partial charge in [0.25, 0.3) is 0 Å². The highest BCUT2D eigenvalue weighted by Gasteiger charge is 2.11. The SMILES string of the molecule is COc1ccc(NC(=O)CC(=O)NN=Cc2cc(I)c(OC)c(OC)c2)cc1. The first-order chi connectivity index (χ1) is 13.5. The third kappa shape index (κ3) is 6.12. The van der Waals surface area contributed by atoms with Gasteiger partial charge in [0.05, 0.1) is 31.1 Å². The molecular weight excluding hydrogens is 477 g/mol. The number of hydrogen-bond donors (Lipinski definition) is 2. The molecule has 0 spiro atoms. The molecular formula is C19H20IN3O5. The van der Waals surface area contributed by atoms with E-state index in [1.54, 1.807) is 44.6 Å². The minimum Gasteiger partial charge on any atom is -0.497 e. The number of nitrogens with one attached hydrogen (secondary N) is 2. The summed E-state index contributed by atoms with van der Waals surface area (Å²) in [5.74, 6) is 0.881. The molecule has 0 aliphatic carbocycles. The number of hydrazone groups is 1. The van der Waals surface area contributed by atoms with Crippen molar-refractivity contribution in [1.29, 1.82) is 0 Å². The highest BCUT2D eigenvalue weighted by Crippen LogP contribution is 2.32. The Bertz CT molecular complexity index is 869. The molecule has 0 saturated heterocycles. The van der Waals surface area contributed by atoms with Crippen LogP contribution in [0.25, 0.3) is 0 Å². The van der Waals surface area contributed by atoms with Gasteiger partial charge < -0.3 is 19.5 Å². The van der Waals surface area contributed by atoms with Crippen LogP contribution >= 0.6 is 22.6 Å². The number of ether oxygens (including phenoxy) is 3. The lowest BCUT2D eigenvalue weighted by Crippen LogP contribution is -2.24. The number of amides is 2. The summed E-state index contributed by atoms with van der Waals surface area (Å²) in [7, 11) is 4.66. The van der Waals surface area contributed by atoms with Crippen LogP contribution in [-0.4, -0.2) is 39.4 Å². The van der Waals surface area contributed by atoms with Crippen LogP contribution < -0.4 is 25.0 Å². The van der Waals surface area contributed by atoms with E-state index in [9.17, 15) is 9.59 Å². The van der Waals surface area contributed by atoms with E-state index >= 15 is 0 Å². The van der Waals surface area contributed by atoms with Gasteiger partial charge in [0.1, 0.15) is 12.2 Å². The first kappa shape index (κ1) is 21.5. The molecule has 148 valence electrons. The van der Waals surface area contributed by atoms with Gasteiger partial charge in [-0.2, -0.15) is 5.10 Å². The zero-order valence-corrected chi connectivity index (χ0v) is 17.8. The Morgan fingerprint density at radius 1 is 1.04 bits per heavy atom. The Kier molecular flexibility index (Phi) is 8.05. The van der Waals surface area contributed by atoms with Crippen molar-refractivity contribution in [2.75, 3.05) is 26.6 Å². The fourth-order valence-electron chi connectivity index (χ4n) is 2.26. The quantitative estimate of drug-likeness (QED) is 0.253. The van der Waals surface area contributed by atoms with Gasteiger partial charge in [-0.1, -0.05) is 0 Å². The summed E-state index contributed by atoms with van der Waals surface area (Å²) in [5.41, 5.74) is 3.61. The minimum absolute atomic E-state index is 0.354. The van der Waals surface area contributed by atoms with E-state index in [-0.39, 0.29) is 6.42 Å². The molecule has 9 heteroatoms. The van der Waals surface area contributed by atoms with Crippen molar-refractivity contribution in [1.82, 2.24) is 5.43 Å². The smallest absolute Gasteiger partial charge is 0.249 e. The summed E-state index contributed by atoms with van der Waals surface area (Å²) in [6.07, 6.45) is 1.11. The predicted octanol–water partition coefficient (Wildman–Crippen LogP) is 2.80. The lowest BCUT2D eigenvalue weighted by Gasteiger charge is -2.10. The third-order valence-electron chi connectivity index (χ3n) is 3.55. The molecule has 0 saturated carbocycles. The van der Waals surface area contributed by atoms with E-state index in [1.165, 1.54) is 13.3 Å². The topological polar surface area (TPSA) is 98.2 Å². The van der Waals surface area contributed by atoms with Crippen molar-refractivity contribution in [3.63, 3.8) is 0 Å². The highest BCUT2D eigenvalue weighted by molar-refractivity contribution is 14.1. The van der Waals surface area contributed by atoms with Crippen LogP contribution in [-0.2, 0) is 9.59 Å². The standard InChI is InChI=1S/C19H20IN3O5/c1-26-14-6-4-13(5-7-14)22-17(24)10-18(25)23-21-11-12-8-15(20)19(28-3)16(9-12)27-2/h4-9,11H,10H2,1-3H3,(H,22,24)(H,23,25). The lowest BCUT2D eigenvalue weighted by molar-refractivity contribution is -0.126. The maximum absolute atomic E-state index is 11.9. The maximum Gasteiger partial charge on any atom is 0.249 e. The molecule has 0 aromatic heterocycles. The average Bonchev–Trinajstić information content (AvgIpc) is 2.68. The summed E-state index contributed by atoms with van der Waals surface area (Å²) in [4.78, 5) is 23.8. The Morgan fingerprint density at radius 2 is 1.75 bits per heavy atom. The fourth-order valence-corrected chi connectivity index (χ4v) is 3.10. The van der Waals surface area contributed by atoms with Gasteiger partial charge in [-0.3, -0.25) is 9.59 Å². The molecule has 0 aliphatic heterocycles. The van der Waals surface area contributed by atoms with Crippen molar-refractivity contribution in [3.05, 3.63) is 45.5 Å². The first-order valence-electron chi connectivity index (χ1n) is 8.14. The molecule has 0 heterocycles. The second-order valence-corrected chi connectivity index (χ2v) is 6.65. The minimum atomic E-state index is -0.530. The van der Waals surface area contributed by atoms with Crippen LogP contribution in [0, 0.1) is 3.57 Å². The molecule has 0 atom stereocenters. The molecule has 0 bridgehead atoms. The summed E-state index contributed by atoms with van der Waals surface area (Å²) >= 11 is 2.12. The van der Waals surface area contributed by atoms with Gasteiger partial charge in [0, 0.05) is 5.69 Å². The molecule has 2 aromatic rings. The van der Waals surface area contributed by atoms with Crippen LogP contribution in [0.1, 0.15) is 12.0 Å². The Hall–Kier alpha value is -2.82. The third-order valence-corrected chi connectivity index (χ3v) is 4.35. The number of rotatable bonds is 8. The predicted molar refractivity (Wildman–Crippen MR) is 114 cm³/mol. The van der Waals surface area contributed by atoms with Crippen molar-refractivity contribution in [3.8, 4) is 17.2 Å². The maximum atomic E-state index is 11.9. The molecule has 0 aliphatic rings. The number of anilines is 1. The zero-order valence-electron chi connectivity index (χ0n) is 15.6. The monoisotopic (exact) mass is 497 g/mol. The van der Waals surface area contributed by atoms with Crippen LogP contribution in [0.3, 0.4) is 0 Å². The molecule has 2 N–H and O–H groups in total. The number of carbonyl (C=O) groups is 2. The Morgan fingerprint density at radius 3 is 2.36 bits per heavy atom. The molecule has 2 aromatic carbocycles. The van der Waals surface area contributed by atoms with Gasteiger partial charge in [-0.15, -0.1) is 0 Å².